The van der Waals surface area contributed by atoms with Crippen LogP contribution in [0.2, 0.25) is 0 Å². The maximum atomic E-state index is 12.4. The Kier molecular flexibility index (Phi) is 16.9. The van der Waals surface area contributed by atoms with E-state index in [4.69, 9.17) is 9.97 Å². The lowest BCUT2D eigenvalue weighted by atomic mass is 9.66. The van der Waals surface area contributed by atoms with E-state index in [-0.39, 0.29) is 0 Å². The van der Waals surface area contributed by atoms with Gasteiger partial charge in [0.1, 0.15) is 5.60 Å². The molecule has 0 fully saturated rings. The number of hydrogen-bond acceptors (Lipinski definition) is 5. The molecule has 16 aromatic rings. The van der Waals surface area contributed by atoms with Crippen molar-refractivity contribution in [3.63, 3.8) is 0 Å². The zero-order valence-electron chi connectivity index (χ0n) is 57.0. The summed E-state index contributed by atoms with van der Waals surface area (Å²) in [6, 6.07) is 130. The molecule has 2 unspecified atom stereocenters. The summed E-state index contributed by atoms with van der Waals surface area (Å²) in [5, 5.41) is 14.6. The highest BCUT2D eigenvalue weighted by molar-refractivity contribution is 6.05. The van der Waals surface area contributed by atoms with Crippen LogP contribution in [0.15, 0.2) is 370 Å². The molecule has 0 saturated carbocycles. The fraction of sp³-hybridized carbons (Fsp3) is 0.0625. The van der Waals surface area contributed by atoms with Gasteiger partial charge in [-0.2, -0.15) is 0 Å². The van der Waals surface area contributed by atoms with Gasteiger partial charge in [-0.25, -0.2) is 9.97 Å². The number of anilines is 6. The van der Waals surface area contributed by atoms with Gasteiger partial charge in [0, 0.05) is 78.3 Å². The topological polar surface area (TPSA) is 52.5 Å². The second kappa shape index (κ2) is 27.1. The van der Waals surface area contributed by atoms with Crippen molar-refractivity contribution in [3.05, 3.63) is 431 Å². The quantitative estimate of drug-likeness (QED) is 0.140. The van der Waals surface area contributed by atoms with E-state index in [1.54, 1.807) is 0 Å². The normalized spacial score (nSPS) is 14.5. The van der Waals surface area contributed by atoms with Crippen molar-refractivity contribution in [2.75, 3.05) is 9.80 Å². The summed E-state index contributed by atoms with van der Waals surface area (Å²) in [4.78, 5) is 15.1. The van der Waals surface area contributed by atoms with Gasteiger partial charge in [-0.15, -0.1) is 0 Å². The number of hydrogen-bond donors (Lipinski definition) is 1. The first-order valence-electron chi connectivity index (χ1n) is 34.7. The molecule has 0 spiro atoms. The Labute approximate surface area is 591 Å². The Hall–Kier alpha value is -12.5. The first-order valence-corrected chi connectivity index (χ1v) is 34.7. The minimum absolute atomic E-state index is 0.605. The maximum Gasteiger partial charge on any atom is 0.143 e. The fourth-order valence-electron chi connectivity index (χ4n) is 15.2. The van der Waals surface area contributed by atoms with E-state index in [1.807, 2.05) is 91.0 Å². The summed E-state index contributed by atoms with van der Waals surface area (Å²) >= 11 is 0. The summed E-state index contributed by atoms with van der Waals surface area (Å²) in [7, 11) is 0. The van der Waals surface area contributed by atoms with Crippen molar-refractivity contribution in [1.29, 1.82) is 0 Å². The van der Waals surface area contributed by atoms with E-state index in [0.29, 0.717) is 0 Å². The summed E-state index contributed by atoms with van der Waals surface area (Å²) < 4.78 is 0. The van der Waals surface area contributed by atoms with Gasteiger partial charge < -0.3 is 14.9 Å². The Morgan fingerprint density at radius 3 is 0.990 bits per heavy atom. The summed E-state index contributed by atoms with van der Waals surface area (Å²) in [5.74, 6) is 0. The summed E-state index contributed by atoms with van der Waals surface area (Å²) in [6.07, 6.45) is 0. The molecule has 484 valence electrons. The molecule has 0 amide bonds. The van der Waals surface area contributed by atoms with E-state index < -0.39 is 11.0 Å². The predicted octanol–water partition coefficient (Wildman–Crippen LogP) is 24.3. The van der Waals surface area contributed by atoms with Crippen molar-refractivity contribution in [1.82, 2.24) is 9.97 Å². The smallest absolute Gasteiger partial charge is 0.143 e. The number of fused-ring (bicyclic) bond motifs is 8. The minimum atomic E-state index is -1.27. The van der Waals surface area contributed by atoms with Crippen LogP contribution in [0.25, 0.3) is 66.6 Å². The van der Waals surface area contributed by atoms with Gasteiger partial charge in [-0.1, -0.05) is 307 Å². The number of para-hydroxylation sites is 3. The number of aromatic nitrogens is 2. The predicted molar refractivity (Wildman–Crippen MR) is 420 cm³/mol. The summed E-state index contributed by atoms with van der Waals surface area (Å²) in [6.45, 7) is 8.50. The highest BCUT2D eigenvalue weighted by Gasteiger charge is 2.50. The molecular formula is C96H74N4O. The van der Waals surface area contributed by atoms with Crippen molar-refractivity contribution in [3.8, 4) is 44.8 Å². The third kappa shape index (κ3) is 11.5. The van der Waals surface area contributed by atoms with Crippen LogP contribution in [0.4, 0.5) is 34.1 Å². The molecule has 18 rings (SSSR count). The lowest BCUT2D eigenvalue weighted by Crippen LogP contribution is -2.29. The van der Waals surface area contributed by atoms with Crippen molar-refractivity contribution >= 4 is 55.9 Å². The molecule has 101 heavy (non-hydrogen) atoms. The Balaban J connectivity index is 0.000000131. The zero-order chi connectivity index (χ0) is 68.4. The van der Waals surface area contributed by atoms with E-state index >= 15 is 0 Å². The molecule has 2 heterocycles. The van der Waals surface area contributed by atoms with Gasteiger partial charge in [-0.05, 0) is 152 Å². The Morgan fingerprint density at radius 2 is 0.554 bits per heavy atom. The third-order valence-corrected chi connectivity index (χ3v) is 19.9. The molecule has 5 heteroatoms. The molecule has 2 aliphatic carbocycles. The lowest BCUT2D eigenvalue weighted by molar-refractivity contribution is 0.131. The molecule has 2 aliphatic rings. The SMILES string of the molecule is Cc1ccc(N(c2ccc(C)cc2)c2ccc(C3(c4ccccc4)c4ccccc4-c4nc5ccccc5c(-c5ccccc5)c43)cc2)cc1.Cc1ccc(N(c2ccccc2)c2ccc(C)cc2)cc1.OC1(c2ccccc2)c2ccccc2-c2nc3ccccc3c(-c3ccccc3)c21. The van der Waals surface area contributed by atoms with Gasteiger partial charge in [-0.3, -0.25) is 0 Å². The van der Waals surface area contributed by atoms with E-state index in [2.05, 4.69) is 317 Å². The van der Waals surface area contributed by atoms with Crippen LogP contribution in [0.5, 0.6) is 0 Å². The number of nitrogens with zero attached hydrogens (tertiary/aromatic N) is 4. The van der Waals surface area contributed by atoms with Crippen molar-refractivity contribution in [2.45, 2.75) is 38.7 Å². The highest BCUT2D eigenvalue weighted by Crippen LogP contribution is 2.60. The van der Waals surface area contributed by atoms with Crippen molar-refractivity contribution in [2.24, 2.45) is 0 Å². The molecule has 0 radical (unpaired) electrons. The van der Waals surface area contributed by atoms with Gasteiger partial charge in [0.25, 0.3) is 0 Å². The van der Waals surface area contributed by atoms with Crippen LogP contribution >= 0.6 is 0 Å². The number of rotatable bonds is 11. The van der Waals surface area contributed by atoms with E-state index in [1.165, 1.54) is 78.3 Å². The summed E-state index contributed by atoms with van der Waals surface area (Å²) in [5.41, 5.74) is 28.1. The average Bonchev–Trinajstić information content (AvgIpc) is 1.55. The van der Waals surface area contributed by atoms with Gasteiger partial charge in [0.15, 0.2) is 0 Å². The second-order valence-corrected chi connectivity index (χ2v) is 26.4. The van der Waals surface area contributed by atoms with Crippen molar-refractivity contribution < 1.29 is 5.11 Å². The Morgan fingerprint density at radius 1 is 0.257 bits per heavy atom. The number of aliphatic hydroxyl groups is 1. The highest BCUT2D eigenvalue weighted by atomic mass is 16.3. The first-order chi connectivity index (χ1) is 49.6. The maximum absolute atomic E-state index is 12.4. The first kappa shape index (κ1) is 63.2. The molecule has 0 aliphatic heterocycles. The van der Waals surface area contributed by atoms with Crippen LogP contribution in [0, 0.1) is 27.7 Å². The van der Waals surface area contributed by atoms with Crippen LogP contribution in [0.3, 0.4) is 0 Å². The fourth-order valence-corrected chi connectivity index (χ4v) is 15.2. The zero-order valence-corrected chi connectivity index (χ0v) is 57.0. The molecular weight excluding hydrogens is 1230 g/mol. The van der Waals surface area contributed by atoms with E-state index in [9.17, 15) is 5.11 Å². The van der Waals surface area contributed by atoms with Crippen LogP contribution in [-0.2, 0) is 11.0 Å². The minimum Gasteiger partial charge on any atom is -0.376 e. The molecule has 1 N–H and O–H groups in total. The van der Waals surface area contributed by atoms with Gasteiger partial charge in [0.2, 0.25) is 0 Å². The van der Waals surface area contributed by atoms with Gasteiger partial charge >= 0.3 is 0 Å². The molecule has 0 bridgehead atoms. The van der Waals surface area contributed by atoms with Crippen LogP contribution in [-0.4, -0.2) is 15.1 Å². The monoisotopic (exact) mass is 1300 g/mol. The van der Waals surface area contributed by atoms with Crippen LogP contribution < -0.4 is 9.80 Å². The molecule has 2 atom stereocenters. The number of pyridine rings is 2. The second-order valence-electron chi connectivity index (χ2n) is 26.4. The third-order valence-electron chi connectivity index (χ3n) is 19.9. The molecule has 2 aromatic heterocycles. The van der Waals surface area contributed by atoms with E-state index in [0.717, 1.165) is 83.6 Å². The molecule has 5 nitrogen and oxygen atoms in total. The molecule has 0 saturated heterocycles. The largest absolute Gasteiger partial charge is 0.376 e. The average molecular weight is 1300 g/mol. The van der Waals surface area contributed by atoms with Crippen LogP contribution in [0.1, 0.15) is 61.2 Å². The lowest BCUT2D eigenvalue weighted by Gasteiger charge is -2.36. The Bertz CT molecular complexity index is 5510. The number of benzene rings is 14. The van der Waals surface area contributed by atoms with Gasteiger partial charge in [0.05, 0.1) is 27.8 Å². The molecule has 14 aromatic carbocycles. The number of aryl methyl sites for hydroxylation is 4. The standard InChI is InChI=1S/C48H36N2.C28H19NO.C20H19N/c1-33-21-27-38(28-22-33)50(39-29-23-34(2)24-30-39)40-31-25-37(26-32-40)48(36-15-7-4-8-16-36)43-19-11-9-17-41(43)47-46(48)45(35-13-5-3-6-14-35)42-18-10-12-20-44(42)49-47;30-28(20-13-5-2-6-14-20)23-17-9-7-15-21(23)27-26(28)25(19-11-3-1-4-12-19)22-16-8-10-18-24(22)29-27;1-16-8-12-19(13-9-16)21(18-6-4-3-5-7-18)20-14-10-17(2)11-15-20/h3-32H,1-2H3;1-18,30H;3-15H,1-2H3.